The number of thiocarbonyl (C=S) groups is 1. The van der Waals surface area contributed by atoms with Crippen LogP contribution in [0.3, 0.4) is 0 Å². The van der Waals surface area contributed by atoms with E-state index in [2.05, 4.69) is 4.90 Å². The Morgan fingerprint density at radius 3 is 2.50 bits per heavy atom. The molecule has 1 unspecified atom stereocenters. The van der Waals surface area contributed by atoms with E-state index in [1.807, 2.05) is 6.07 Å². The zero-order valence-electron chi connectivity index (χ0n) is 18.0. The molecule has 1 aromatic heterocycles. The number of amides is 1. The van der Waals surface area contributed by atoms with Crippen molar-refractivity contribution in [3.63, 3.8) is 0 Å². The number of nitriles is 1. The van der Waals surface area contributed by atoms with Crippen molar-refractivity contribution < 1.29 is 13.2 Å². The third-order valence-corrected chi connectivity index (χ3v) is 9.38. The molecule has 3 saturated heterocycles. The summed E-state index contributed by atoms with van der Waals surface area (Å²) < 4.78 is 25.7. The highest BCUT2D eigenvalue weighted by Crippen LogP contribution is 2.38. The summed E-state index contributed by atoms with van der Waals surface area (Å²) in [7, 11) is -1.52. The standard InChI is InChI=1S/C21H24N4O4S3/c1-13-15(18(24-7-4-3-5-8-24)23(2)19(26)16(13)11-22)10-17-20(27)25(21(30)31-17)14-6-9-32(28,29)12-14/h10,14H,3-9,12H2,1-2H3. The van der Waals surface area contributed by atoms with Crippen LogP contribution in [0.2, 0.25) is 0 Å². The van der Waals surface area contributed by atoms with Crippen molar-refractivity contribution in [3.05, 3.63) is 31.9 Å². The molecule has 0 aliphatic carbocycles. The highest BCUT2D eigenvalue weighted by molar-refractivity contribution is 8.26. The number of nitrogens with zero attached hydrogens (tertiary/aromatic N) is 4. The lowest BCUT2D eigenvalue weighted by molar-refractivity contribution is -0.123. The van der Waals surface area contributed by atoms with Gasteiger partial charge >= 0.3 is 0 Å². The number of pyridine rings is 1. The molecule has 4 heterocycles. The number of hydrogen-bond acceptors (Lipinski definition) is 8. The van der Waals surface area contributed by atoms with Crippen molar-refractivity contribution in [2.24, 2.45) is 7.05 Å². The molecule has 0 saturated carbocycles. The minimum atomic E-state index is -3.17. The summed E-state index contributed by atoms with van der Waals surface area (Å²) in [4.78, 5) is 30.0. The molecule has 3 aliphatic heterocycles. The quantitative estimate of drug-likeness (QED) is 0.466. The van der Waals surface area contributed by atoms with Crippen molar-refractivity contribution in [3.8, 4) is 6.07 Å². The van der Waals surface area contributed by atoms with Gasteiger partial charge in [-0.2, -0.15) is 5.26 Å². The summed E-state index contributed by atoms with van der Waals surface area (Å²) >= 11 is 6.56. The second-order valence-corrected chi connectivity index (χ2v) is 12.3. The maximum absolute atomic E-state index is 13.2. The van der Waals surface area contributed by atoms with Crippen LogP contribution in [0.5, 0.6) is 0 Å². The first kappa shape index (κ1) is 23.0. The van der Waals surface area contributed by atoms with E-state index >= 15 is 0 Å². The van der Waals surface area contributed by atoms with E-state index in [1.165, 1.54) is 9.47 Å². The Labute approximate surface area is 196 Å². The predicted molar refractivity (Wildman–Crippen MR) is 129 cm³/mol. The van der Waals surface area contributed by atoms with E-state index in [0.717, 1.165) is 44.1 Å². The number of carbonyl (C=O) groups is 1. The minimum absolute atomic E-state index is 0.0527. The first-order valence-electron chi connectivity index (χ1n) is 10.5. The van der Waals surface area contributed by atoms with Crippen molar-refractivity contribution in [2.45, 2.75) is 38.6 Å². The molecule has 8 nitrogen and oxygen atoms in total. The van der Waals surface area contributed by atoms with Crippen LogP contribution < -0.4 is 10.5 Å². The van der Waals surface area contributed by atoms with Crippen LogP contribution in [0.15, 0.2) is 9.70 Å². The van der Waals surface area contributed by atoms with Gasteiger partial charge < -0.3 is 4.90 Å². The van der Waals surface area contributed by atoms with Gasteiger partial charge in [0.05, 0.1) is 22.5 Å². The van der Waals surface area contributed by atoms with Crippen LogP contribution in [0.25, 0.3) is 6.08 Å². The molecule has 3 fully saturated rings. The zero-order chi connectivity index (χ0) is 23.2. The molecule has 32 heavy (non-hydrogen) atoms. The molecule has 3 aliphatic rings. The summed E-state index contributed by atoms with van der Waals surface area (Å²) in [6.45, 7) is 3.31. The van der Waals surface area contributed by atoms with Crippen LogP contribution in [0.1, 0.15) is 42.4 Å². The third-order valence-electron chi connectivity index (χ3n) is 6.30. The monoisotopic (exact) mass is 492 g/mol. The van der Waals surface area contributed by atoms with Crippen LogP contribution in [-0.2, 0) is 21.7 Å². The fourth-order valence-electron chi connectivity index (χ4n) is 4.60. The van der Waals surface area contributed by atoms with Gasteiger partial charge in [0, 0.05) is 25.7 Å². The van der Waals surface area contributed by atoms with Crippen molar-refractivity contribution >= 4 is 55.9 Å². The molecule has 1 atom stereocenters. The minimum Gasteiger partial charge on any atom is -0.357 e. The Hall–Kier alpha value is -2.16. The lowest BCUT2D eigenvalue weighted by Crippen LogP contribution is -2.39. The number of hydrogen-bond donors (Lipinski definition) is 0. The zero-order valence-corrected chi connectivity index (χ0v) is 20.4. The summed E-state index contributed by atoms with van der Waals surface area (Å²) in [5.41, 5.74) is 0.887. The van der Waals surface area contributed by atoms with E-state index in [1.54, 1.807) is 20.0 Å². The maximum atomic E-state index is 13.2. The highest BCUT2D eigenvalue weighted by atomic mass is 32.2. The van der Waals surface area contributed by atoms with Gasteiger partial charge in [0.15, 0.2) is 9.84 Å². The molecule has 0 aromatic carbocycles. The number of anilines is 1. The van der Waals surface area contributed by atoms with Crippen molar-refractivity contribution in [1.29, 1.82) is 5.26 Å². The van der Waals surface area contributed by atoms with E-state index in [0.29, 0.717) is 32.6 Å². The summed E-state index contributed by atoms with van der Waals surface area (Å²) in [6.07, 6.45) is 5.22. The molecule has 0 spiro atoms. The van der Waals surface area contributed by atoms with Gasteiger partial charge in [-0.05, 0) is 44.2 Å². The maximum Gasteiger partial charge on any atom is 0.270 e. The Morgan fingerprint density at radius 2 is 1.91 bits per heavy atom. The van der Waals surface area contributed by atoms with Gasteiger partial charge in [0.25, 0.3) is 11.5 Å². The first-order chi connectivity index (χ1) is 15.1. The summed E-state index contributed by atoms with van der Waals surface area (Å²) in [6, 6.07) is 1.56. The van der Waals surface area contributed by atoms with Gasteiger partial charge in [-0.15, -0.1) is 0 Å². The molecule has 4 rings (SSSR count). The Balaban J connectivity index is 1.80. The fraction of sp³-hybridized carbons (Fsp3) is 0.524. The van der Waals surface area contributed by atoms with E-state index in [4.69, 9.17) is 12.2 Å². The SMILES string of the molecule is Cc1c(C=C2SC(=S)N(C3CCS(=O)(=O)C3)C2=O)c(N2CCCCC2)n(C)c(=O)c1C#N. The lowest BCUT2D eigenvalue weighted by Gasteiger charge is -2.32. The van der Waals surface area contributed by atoms with Crippen molar-refractivity contribution in [1.82, 2.24) is 9.47 Å². The largest absolute Gasteiger partial charge is 0.357 e. The Bertz CT molecular complexity index is 1240. The molecule has 0 radical (unpaired) electrons. The third kappa shape index (κ3) is 4.00. The second kappa shape index (κ2) is 8.65. The molecule has 1 amide bonds. The van der Waals surface area contributed by atoms with Gasteiger partial charge in [0.1, 0.15) is 21.8 Å². The van der Waals surface area contributed by atoms with E-state index in [-0.39, 0.29) is 28.5 Å². The Kier molecular flexibility index (Phi) is 6.22. The van der Waals surface area contributed by atoms with Crippen molar-refractivity contribution in [2.75, 3.05) is 29.5 Å². The number of aromatic nitrogens is 1. The average molecular weight is 493 g/mol. The number of thioether (sulfide) groups is 1. The van der Waals surface area contributed by atoms with Crippen LogP contribution in [0, 0.1) is 18.3 Å². The first-order valence-corrected chi connectivity index (χ1v) is 13.6. The molecule has 0 N–H and O–H groups in total. The highest BCUT2D eigenvalue weighted by Gasteiger charge is 2.42. The fourth-order valence-corrected chi connectivity index (χ4v) is 7.69. The second-order valence-electron chi connectivity index (χ2n) is 8.37. The molecule has 1 aromatic rings. The van der Waals surface area contributed by atoms with Crippen LogP contribution in [0.4, 0.5) is 5.82 Å². The normalized spacial score (nSPS) is 24.4. The Morgan fingerprint density at radius 1 is 1.22 bits per heavy atom. The number of carbonyl (C=O) groups excluding carboxylic acids is 1. The smallest absolute Gasteiger partial charge is 0.270 e. The summed E-state index contributed by atoms with van der Waals surface area (Å²) in [5, 5.41) is 9.58. The molecular weight excluding hydrogens is 468 g/mol. The van der Waals surface area contributed by atoms with Gasteiger partial charge in [0.2, 0.25) is 0 Å². The van der Waals surface area contributed by atoms with Crippen LogP contribution >= 0.6 is 24.0 Å². The number of sulfone groups is 1. The number of piperidine rings is 1. The van der Waals surface area contributed by atoms with Gasteiger partial charge in [-0.3, -0.25) is 19.1 Å². The van der Waals surface area contributed by atoms with E-state index in [9.17, 15) is 23.3 Å². The van der Waals surface area contributed by atoms with Gasteiger partial charge in [-0.25, -0.2) is 8.42 Å². The van der Waals surface area contributed by atoms with Crippen LogP contribution in [-0.4, -0.2) is 58.7 Å². The molecule has 11 heteroatoms. The molecular formula is C21H24N4O4S3. The molecule has 170 valence electrons. The van der Waals surface area contributed by atoms with E-state index < -0.39 is 15.9 Å². The topological polar surface area (TPSA) is 103 Å². The predicted octanol–water partition coefficient (Wildman–Crippen LogP) is 1.94. The average Bonchev–Trinajstić information content (AvgIpc) is 3.24. The lowest BCUT2D eigenvalue weighted by atomic mass is 10.0. The molecule has 0 bridgehead atoms. The number of rotatable bonds is 3. The van der Waals surface area contributed by atoms with Gasteiger partial charge in [-0.1, -0.05) is 24.0 Å². The summed E-state index contributed by atoms with van der Waals surface area (Å²) in [5.74, 6) is 0.347.